The van der Waals surface area contributed by atoms with Gasteiger partial charge >= 0.3 is 11.9 Å². The number of carbonyl (C=O) groups excluding carboxylic acids is 2. The molecule has 0 saturated carbocycles. The molecule has 0 bridgehead atoms. The summed E-state index contributed by atoms with van der Waals surface area (Å²) in [7, 11) is 1.28. The number of carboxylic acids is 1. The summed E-state index contributed by atoms with van der Waals surface area (Å²) in [5.41, 5.74) is 2.95. The van der Waals surface area contributed by atoms with Gasteiger partial charge in [0.25, 0.3) is 0 Å². The number of carboxylic acid groups (broad SMARTS) is 1. The standard InChI is InChI=1S/C18H19NO5S/c1-10-4-6-12(7-5-10)15-11(2)25-17(16(15)18(23)24-3)19-13(20)8-9-14(21)22/h4-7H,8-9H2,1-3H3,(H,19,20)(H,21,22). The summed E-state index contributed by atoms with van der Waals surface area (Å²) in [6, 6.07) is 7.71. The smallest absolute Gasteiger partial charge is 0.341 e. The van der Waals surface area contributed by atoms with Crippen molar-refractivity contribution in [2.45, 2.75) is 26.7 Å². The van der Waals surface area contributed by atoms with E-state index in [4.69, 9.17) is 9.84 Å². The molecule has 0 radical (unpaired) electrons. The number of hydrogen-bond donors (Lipinski definition) is 2. The second kappa shape index (κ2) is 7.94. The second-order valence-corrected chi connectivity index (χ2v) is 6.76. The molecule has 0 spiro atoms. The van der Waals surface area contributed by atoms with Gasteiger partial charge in [-0.3, -0.25) is 9.59 Å². The number of ether oxygens (including phenoxy) is 1. The number of esters is 1. The Bertz CT molecular complexity index is 808. The molecule has 0 saturated heterocycles. The van der Waals surface area contributed by atoms with Crippen molar-refractivity contribution < 1.29 is 24.2 Å². The molecule has 2 aromatic rings. The predicted octanol–water partition coefficient (Wildman–Crippen LogP) is 3.62. The van der Waals surface area contributed by atoms with Gasteiger partial charge in [-0.1, -0.05) is 29.8 Å². The zero-order chi connectivity index (χ0) is 18.6. The number of rotatable bonds is 6. The average Bonchev–Trinajstić information content (AvgIpc) is 2.89. The van der Waals surface area contributed by atoms with Gasteiger partial charge in [-0.25, -0.2) is 4.79 Å². The van der Waals surface area contributed by atoms with Crippen molar-refractivity contribution in [2.75, 3.05) is 12.4 Å². The van der Waals surface area contributed by atoms with Gasteiger partial charge in [0.1, 0.15) is 10.6 Å². The Morgan fingerprint density at radius 2 is 1.76 bits per heavy atom. The molecule has 2 rings (SSSR count). The van der Waals surface area contributed by atoms with Crippen LogP contribution in [0.2, 0.25) is 0 Å². The zero-order valence-electron chi connectivity index (χ0n) is 14.2. The third kappa shape index (κ3) is 4.45. The fourth-order valence-electron chi connectivity index (χ4n) is 2.41. The van der Waals surface area contributed by atoms with Gasteiger partial charge in [-0.2, -0.15) is 0 Å². The van der Waals surface area contributed by atoms with Crippen LogP contribution in [0.15, 0.2) is 24.3 Å². The summed E-state index contributed by atoms with van der Waals surface area (Å²) < 4.78 is 4.88. The number of amides is 1. The van der Waals surface area contributed by atoms with Crippen LogP contribution in [-0.2, 0) is 14.3 Å². The second-order valence-electron chi connectivity index (χ2n) is 5.54. The normalized spacial score (nSPS) is 10.4. The summed E-state index contributed by atoms with van der Waals surface area (Å²) in [4.78, 5) is 35.7. The van der Waals surface area contributed by atoms with Crippen molar-refractivity contribution >= 4 is 34.2 Å². The first-order valence-corrected chi connectivity index (χ1v) is 8.45. The quantitative estimate of drug-likeness (QED) is 0.767. The van der Waals surface area contributed by atoms with Crippen molar-refractivity contribution in [3.8, 4) is 11.1 Å². The zero-order valence-corrected chi connectivity index (χ0v) is 15.0. The highest BCUT2D eigenvalue weighted by molar-refractivity contribution is 7.17. The van der Waals surface area contributed by atoms with E-state index in [0.29, 0.717) is 10.6 Å². The Kier molecular flexibility index (Phi) is 5.93. The van der Waals surface area contributed by atoms with Crippen molar-refractivity contribution in [1.29, 1.82) is 0 Å². The molecular formula is C18H19NO5S. The number of thiophene rings is 1. The fraction of sp³-hybridized carbons (Fsp3) is 0.278. The maximum Gasteiger partial charge on any atom is 0.341 e. The number of aliphatic carboxylic acids is 1. The van der Waals surface area contributed by atoms with Gasteiger partial charge in [0, 0.05) is 16.9 Å². The molecule has 2 N–H and O–H groups in total. The van der Waals surface area contributed by atoms with Gasteiger partial charge in [0.15, 0.2) is 0 Å². The first-order valence-electron chi connectivity index (χ1n) is 7.64. The molecule has 0 aliphatic rings. The third-order valence-corrected chi connectivity index (χ3v) is 4.65. The van der Waals surface area contributed by atoms with E-state index in [9.17, 15) is 14.4 Å². The number of hydrogen-bond acceptors (Lipinski definition) is 5. The topological polar surface area (TPSA) is 92.7 Å². The molecule has 0 aliphatic carbocycles. The Morgan fingerprint density at radius 1 is 1.12 bits per heavy atom. The van der Waals surface area contributed by atoms with Crippen LogP contribution in [0.25, 0.3) is 11.1 Å². The van der Waals surface area contributed by atoms with E-state index in [0.717, 1.165) is 16.0 Å². The lowest BCUT2D eigenvalue weighted by atomic mass is 10.0. The summed E-state index contributed by atoms with van der Waals surface area (Å²) in [5.74, 6) is -2.05. The number of carbonyl (C=O) groups is 3. The molecular weight excluding hydrogens is 342 g/mol. The number of benzene rings is 1. The fourth-order valence-corrected chi connectivity index (χ4v) is 3.49. The summed E-state index contributed by atoms with van der Waals surface area (Å²) >= 11 is 1.27. The van der Waals surface area contributed by atoms with Crippen LogP contribution < -0.4 is 5.32 Å². The van der Waals surface area contributed by atoms with Gasteiger partial charge in [0.05, 0.1) is 13.5 Å². The average molecular weight is 361 g/mol. The van der Waals surface area contributed by atoms with Crippen LogP contribution in [0.3, 0.4) is 0 Å². The van der Waals surface area contributed by atoms with E-state index in [-0.39, 0.29) is 18.4 Å². The minimum Gasteiger partial charge on any atom is -0.481 e. The molecule has 132 valence electrons. The monoisotopic (exact) mass is 361 g/mol. The molecule has 25 heavy (non-hydrogen) atoms. The molecule has 1 aromatic carbocycles. The maximum absolute atomic E-state index is 12.3. The van der Waals surface area contributed by atoms with Gasteiger partial charge in [-0.15, -0.1) is 11.3 Å². The Hall–Kier alpha value is -2.67. The molecule has 0 aliphatic heterocycles. The van der Waals surface area contributed by atoms with Crippen LogP contribution in [-0.4, -0.2) is 30.1 Å². The lowest BCUT2D eigenvalue weighted by Crippen LogP contribution is -2.15. The van der Waals surface area contributed by atoms with Gasteiger partial charge in [0.2, 0.25) is 5.91 Å². The Labute approximate surface area is 149 Å². The highest BCUT2D eigenvalue weighted by Gasteiger charge is 2.25. The van der Waals surface area contributed by atoms with Crippen molar-refractivity contribution in [1.82, 2.24) is 0 Å². The lowest BCUT2D eigenvalue weighted by molar-refractivity contribution is -0.138. The molecule has 1 heterocycles. The van der Waals surface area contributed by atoms with E-state index in [1.165, 1.54) is 18.4 Å². The number of aryl methyl sites for hydroxylation is 2. The van der Waals surface area contributed by atoms with E-state index in [2.05, 4.69) is 5.32 Å². The third-order valence-electron chi connectivity index (χ3n) is 3.63. The van der Waals surface area contributed by atoms with Crippen LogP contribution in [0.1, 0.15) is 33.6 Å². The van der Waals surface area contributed by atoms with Crippen LogP contribution >= 0.6 is 11.3 Å². The molecule has 0 atom stereocenters. The highest BCUT2D eigenvalue weighted by Crippen LogP contribution is 2.40. The summed E-state index contributed by atoms with van der Waals surface area (Å²) in [6.07, 6.45) is -0.429. The number of methoxy groups -OCH3 is 1. The minimum absolute atomic E-state index is 0.160. The van der Waals surface area contributed by atoms with Crippen molar-refractivity contribution in [3.05, 3.63) is 40.3 Å². The first kappa shape index (κ1) is 18.7. The van der Waals surface area contributed by atoms with E-state index < -0.39 is 17.8 Å². The number of anilines is 1. The molecule has 6 nitrogen and oxygen atoms in total. The molecule has 1 aromatic heterocycles. The predicted molar refractivity (Wildman–Crippen MR) is 96.1 cm³/mol. The largest absolute Gasteiger partial charge is 0.481 e. The highest BCUT2D eigenvalue weighted by atomic mass is 32.1. The summed E-state index contributed by atoms with van der Waals surface area (Å²) in [5, 5.41) is 11.7. The van der Waals surface area contributed by atoms with Crippen LogP contribution in [0.4, 0.5) is 5.00 Å². The van der Waals surface area contributed by atoms with E-state index in [1.54, 1.807) is 0 Å². The summed E-state index contributed by atoms with van der Waals surface area (Å²) in [6.45, 7) is 3.83. The Balaban J connectivity index is 2.42. The van der Waals surface area contributed by atoms with Crippen LogP contribution in [0.5, 0.6) is 0 Å². The van der Waals surface area contributed by atoms with Gasteiger partial charge in [-0.05, 0) is 19.4 Å². The molecule has 7 heteroatoms. The van der Waals surface area contributed by atoms with Crippen LogP contribution in [0, 0.1) is 13.8 Å². The maximum atomic E-state index is 12.3. The SMILES string of the molecule is COC(=O)c1c(NC(=O)CCC(=O)O)sc(C)c1-c1ccc(C)cc1. The lowest BCUT2D eigenvalue weighted by Gasteiger charge is -2.08. The molecule has 1 amide bonds. The first-order chi connectivity index (χ1) is 11.8. The molecule has 0 unspecified atom stereocenters. The van der Waals surface area contributed by atoms with E-state index >= 15 is 0 Å². The van der Waals surface area contributed by atoms with Gasteiger partial charge < -0.3 is 15.2 Å². The Morgan fingerprint density at radius 3 is 2.32 bits per heavy atom. The number of nitrogens with one attached hydrogen (secondary N) is 1. The van der Waals surface area contributed by atoms with Crippen molar-refractivity contribution in [3.63, 3.8) is 0 Å². The molecule has 0 fully saturated rings. The minimum atomic E-state index is -1.05. The van der Waals surface area contributed by atoms with Crippen molar-refractivity contribution in [2.24, 2.45) is 0 Å². The van der Waals surface area contributed by atoms with E-state index in [1.807, 2.05) is 38.1 Å².